The molecule has 1 heterocycles. The first kappa shape index (κ1) is 25.1. The smallest absolute Gasteiger partial charge is 0.325 e. The van der Waals surface area contributed by atoms with Gasteiger partial charge in [0.15, 0.2) is 0 Å². The summed E-state index contributed by atoms with van der Waals surface area (Å²) in [7, 11) is 0. The van der Waals surface area contributed by atoms with Gasteiger partial charge in [0, 0.05) is 13.1 Å². The molecule has 1 atom stereocenters. The average Bonchev–Trinajstić information content (AvgIpc) is 3.13. The highest BCUT2D eigenvalue weighted by molar-refractivity contribution is 6.09. The molecule has 0 spiro atoms. The maximum atomic E-state index is 13.7. The topological polar surface area (TPSA) is 69.7 Å². The summed E-state index contributed by atoms with van der Waals surface area (Å²) in [4.78, 5) is 42.9. The second-order valence-corrected chi connectivity index (χ2v) is 9.06. The second-order valence-electron chi connectivity index (χ2n) is 9.06. The predicted octanol–water partition coefficient (Wildman–Crippen LogP) is 4.99. The molecule has 3 aromatic rings. The number of hydrogen-bond acceptors (Lipinski definition) is 3. The molecule has 4 amide bonds. The van der Waals surface area contributed by atoms with E-state index in [1.807, 2.05) is 67.6 Å². The van der Waals surface area contributed by atoms with Crippen LogP contribution in [0, 0.1) is 5.82 Å². The normalized spacial score (nSPS) is 17.2. The third kappa shape index (κ3) is 5.46. The fourth-order valence-corrected chi connectivity index (χ4v) is 4.53. The van der Waals surface area contributed by atoms with Crippen molar-refractivity contribution in [2.24, 2.45) is 0 Å². The molecule has 0 saturated carbocycles. The number of unbranched alkanes of at least 4 members (excludes halogenated alkanes) is 1. The van der Waals surface area contributed by atoms with Crippen molar-refractivity contribution in [2.45, 2.75) is 44.8 Å². The van der Waals surface area contributed by atoms with Gasteiger partial charge in [-0.05, 0) is 35.2 Å². The third-order valence-electron chi connectivity index (χ3n) is 6.50. The van der Waals surface area contributed by atoms with Gasteiger partial charge in [-0.2, -0.15) is 0 Å². The third-order valence-corrected chi connectivity index (χ3v) is 6.50. The van der Waals surface area contributed by atoms with Gasteiger partial charge in [0.2, 0.25) is 5.91 Å². The van der Waals surface area contributed by atoms with Gasteiger partial charge in [0.05, 0.1) is 0 Å². The Morgan fingerprint density at radius 1 is 0.889 bits per heavy atom. The van der Waals surface area contributed by atoms with Crippen LogP contribution < -0.4 is 5.32 Å². The number of carbonyl (C=O) groups excluding carboxylic acids is 3. The van der Waals surface area contributed by atoms with Crippen LogP contribution in [0.5, 0.6) is 0 Å². The quantitative estimate of drug-likeness (QED) is 0.410. The number of hydrogen-bond donors (Lipinski definition) is 1. The first-order chi connectivity index (χ1) is 17.4. The lowest BCUT2D eigenvalue weighted by molar-refractivity contribution is -0.140. The summed E-state index contributed by atoms with van der Waals surface area (Å²) in [5.74, 6) is -1.25. The number of benzene rings is 3. The van der Waals surface area contributed by atoms with Gasteiger partial charge in [0.25, 0.3) is 5.91 Å². The molecule has 1 aliphatic rings. The van der Waals surface area contributed by atoms with E-state index in [0.29, 0.717) is 31.5 Å². The van der Waals surface area contributed by atoms with E-state index < -0.39 is 23.3 Å². The summed E-state index contributed by atoms with van der Waals surface area (Å²) < 4.78 is 13.6. The Balaban J connectivity index is 1.58. The minimum atomic E-state index is -1.31. The Morgan fingerprint density at radius 2 is 1.44 bits per heavy atom. The van der Waals surface area contributed by atoms with Gasteiger partial charge in [-0.1, -0.05) is 92.6 Å². The number of carbonyl (C=O) groups is 3. The Hall–Kier alpha value is -4.00. The Bertz CT molecular complexity index is 1160. The molecule has 1 saturated heterocycles. The molecular formula is C29H30FN3O3. The van der Waals surface area contributed by atoms with Crippen molar-refractivity contribution >= 4 is 17.8 Å². The van der Waals surface area contributed by atoms with Crippen molar-refractivity contribution in [3.05, 3.63) is 107 Å². The molecule has 36 heavy (non-hydrogen) atoms. The lowest BCUT2D eigenvalue weighted by Gasteiger charge is -2.28. The van der Waals surface area contributed by atoms with Crippen LogP contribution >= 0.6 is 0 Å². The molecule has 4 rings (SSSR count). The van der Waals surface area contributed by atoms with Crippen LogP contribution in [0.4, 0.5) is 9.18 Å². The number of nitrogens with zero attached hydrogens (tertiary/aromatic N) is 2. The van der Waals surface area contributed by atoms with Gasteiger partial charge in [-0.25, -0.2) is 9.18 Å². The average molecular weight is 488 g/mol. The van der Waals surface area contributed by atoms with Crippen molar-refractivity contribution in [3.63, 3.8) is 0 Å². The summed E-state index contributed by atoms with van der Waals surface area (Å²) in [5, 5.41) is 2.83. The van der Waals surface area contributed by atoms with Crippen LogP contribution in [0.25, 0.3) is 0 Å². The highest BCUT2D eigenvalue weighted by atomic mass is 19.1. The minimum absolute atomic E-state index is 0.336. The lowest BCUT2D eigenvalue weighted by Crippen LogP contribution is -2.45. The van der Waals surface area contributed by atoms with E-state index in [4.69, 9.17) is 0 Å². The number of imide groups is 1. The van der Waals surface area contributed by atoms with Crippen molar-refractivity contribution < 1.29 is 18.8 Å². The Kier molecular flexibility index (Phi) is 7.78. The molecule has 1 N–H and O–H groups in total. The molecule has 0 radical (unpaired) electrons. The highest BCUT2D eigenvalue weighted by Gasteiger charge is 2.52. The van der Waals surface area contributed by atoms with Crippen molar-refractivity contribution in [3.8, 4) is 0 Å². The van der Waals surface area contributed by atoms with E-state index in [0.717, 1.165) is 22.4 Å². The zero-order valence-corrected chi connectivity index (χ0v) is 20.3. The Labute approximate surface area is 210 Å². The molecule has 0 bridgehead atoms. The maximum Gasteiger partial charge on any atom is 0.325 e. The number of rotatable bonds is 10. The minimum Gasteiger partial charge on any atom is -0.332 e. The van der Waals surface area contributed by atoms with Gasteiger partial charge in [0.1, 0.15) is 17.9 Å². The molecule has 1 fully saturated rings. The predicted molar refractivity (Wildman–Crippen MR) is 135 cm³/mol. The summed E-state index contributed by atoms with van der Waals surface area (Å²) in [6, 6.07) is 24.1. The summed E-state index contributed by atoms with van der Waals surface area (Å²) in [5.41, 5.74) is 1.09. The molecule has 6 nitrogen and oxygen atoms in total. The molecule has 0 aromatic heterocycles. The van der Waals surface area contributed by atoms with E-state index in [9.17, 15) is 18.8 Å². The molecular weight excluding hydrogens is 457 g/mol. The summed E-state index contributed by atoms with van der Waals surface area (Å²) in [6.45, 7) is 2.31. The van der Waals surface area contributed by atoms with Gasteiger partial charge in [-0.3, -0.25) is 14.5 Å². The summed E-state index contributed by atoms with van der Waals surface area (Å²) >= 11 is 0. The van der Waals surface area contributed by atoms with E-state index in [-0.39, 0.29) is 12.5 Å². The van der Waals surface area contributed by atoms with Crippen LogP contribution in [0.1, 0.15) is 42.9 Å². The van der Waals surface area contributed by atoms with Gasteiger partial charge in [-0.15, -0.1) is 0 Å². The van der Waals surface area contributed by atoms with Crippen LogP contribution in [-0.2, 0) is 28.2 Å². The lowest BCUT2D eigenvalue weighted by atomic mass is 9.85. The number of halogens is 1. The molecule has 7 heteroatoms. The monoisotopic (exact) mass is 487 g/mol. The van der Waals surface area contributed by atoms with E-state index >= 15 is 0 Å². The van der Waals surface area contributed by atoms with E-state index in [2.05, 4.69) is 5.32 Å². The number of amides is 4. The molecule has 1 unspecified atom stereocenters. The zero-order chi connectivity index (χ0) is 25.5. The van der Waals surface area contributed by atoms with E-state index in [1.54, 1.807) is 4.90 Å². The zero-order valence-electron chi connectivity index (χ0n) is 20.3. The fourth-order valence-electron chi connectivity index (χ4n) is 4.53. The van der Waals surface area contributed by atoms with Crippen LogP contribution in [0.15, 0.2) is 84.9 Å². The largest absolute Gasteiger partial charge is 0.332 e. The van der Waals surface area contributed by atoms with Crippen molar-refractivity contribution in [1.82, 2.24) is 15.1 Å². The van der Waals surface area contributed by atoms with Crippen molar-refractivity contribution in [2.75, 3.05) is 6.54 Å². The van der Waals surface area contributed by atoms with Crippen molar-refractivity contribution in [1.29, 1.82) is 0 Å². The standard InChI is InChI=1S/C29H30FN3O3/c1-2-3-18-29(24-14-16-25(30)17-15-24)27(35)33(28(36)31-29)21-26(34)32(19-22-10-6-4-7-11-22)20-23-12-8-5-9-13-23/h4-17H,2-3,18-21H2,1H3,(H,31,36). The Morgan fingerprint density at radius 3 is 1.97 bits per heavy atom. The fraction of sp³-hybridized carbons (Fsp3) is 0.276. The molecule has 3 aromatic carbocycles. The van der Waals surface area contributed by atoms with Gasteiger partial charge < -0.3 is 10.2 Å². The second kappa shape index (κ2) is 11.2. The SMILES string of the molecule is CCCCC1(c2ccc(F)cc2)NC(=O)N(CC(=O)N(Cc2ccccc2)Cc2ccccc2)C1=O. The van der Waals surface area contributed by atoms with Crippen LogP contribution in [0.3, 0.4) is 0 Å². The molecule has 1 aliphatic heterocycles. The van der Waals surface area contributed by atoms with Gasteiger partial charge >= 0.3 is 6.03 Å². The molecule has 0 aliphatic carbocycles. The maximum absolute atomic E-state index is 13.7. The number of nitrogens with one attached hydrogen (secondary N) is 1. The van der Waals surface area contributed by atoms with Crippen LogP contribution in [0.2, 0.25) is 0 Å². The first-order valence-electron chi connectivity index (χ1n) is 12.2. The first-order valence-corrected chi connectivity index (χ1v) is 12.2. The summed E-state index contributed by atoms with van der Waals surface area (Å²) in [6.07, 6.45) is 1.86. The molecule has 186 valence electrons. The van der Waals surface area contributed by atoms with E-state index in [1.165, 1.54) is 24.3 Å². The highest BCUT2D eigenvalue weighted by Crippen LogP contribution is 2.34. The number of urea groups is 1. The van der Waals surface area contributed by atoms with Crippen LogP contribution in [-0.4, -0.2) is 34.2 Å².